The Morgan fingerprint density at radius 1 is 1.29 bits per heavy atom. The zero-order chi connectivity index (χ0) is 12.3. The Morgan fingerprint density at radius 2 is 2.00 bits per heavy atom. The quantitative estimate of drug-likeness (QED) is 0.944. The van der Waals surface area contributed by atoms with E-state index in [9.17, 15) is 5.11 Å². The highest BCUT2D eigenvalue weighted by Gasteiger charge is 2.15. The first-order valence-corrected chi connectivity index (χ1v) is 5.78. The number of ether oxygens (including phenoxy) is 1. The molecule has 0 fully saturated rings. The van der Waals surface area contributed by atoms with E-state index in [0.717, 1.165) is 10.0 Å². The monoisotopic (exact) mass is 294 g/mol. The van der Waals surface area contributed by atoms with E-state index in [1.54, 1.807) is 25.6 Å². The summed E-state index contributed by atoms with van der Waals surface area (Å²) in [4.78, 5) is 7.77. The molecule has 0 saturated carbocycles. The van der Waals surface area contributed by atoms with Gasteiger partial charge in [-0.05, 0) is 18.2 Å². The molecule has 1 N–H and O–H groups in total. The molecule has 5 heteroatoms. The number of aliphatic hydroxyl groups is 1. The van der Waals surface area contributed by atoms with Gasteiger partial charge in [0.2, 0.25) is 0 Å². The van der Waals surface area contributed by atoms with Crippen LogP contribution in [-0.4, -0.2) is 22.2 Å². The summed E-state index contributed by atoms with van der Waals surface area (Å²) in [5.41, 5.74) is 1.36. The second kappa shape index (κ2) is 5.25. The fourth-order valence-electron chi connectivity index (χ4n) is 1.49. The molecule has 0 aliphatic rings. The van der Waals surface area contributed by atoms with E-state index >= 15 is 0 Å². The molecular weight excluding hydrogens is 284 g/mol. The number of nitrogens with zero attached hydrogens (tertiary/aromatic N) is 2. The number of benzene rings is 1. The maximum Gasteiger partial charge on any atom is 0.119 e. The molecule has 1 aromatic heterocycles. The third kappa shape index (κ3) is 2.62. The van der Waals surface area contributed by atoms with Gasteiger partial charge in [0.15, 0.2) is 0 Å². The van der Waals surface area contributed by atoms with Gasteiger partial charge in [-0.3, -0.25) is 0 Å². The maximum atomic E-state index is 10.2. The number of hydrogen-bond donors (Lipinski definition) is 1. The van der Waals surface area contributed by atoms with E-state index in [0.29, 0.717) is 11.3 Å². The topological polar surface area (TPSA) is 55.2 Å². The average molecular weight is 295 g/mol. The van der Waals surface area contributed by atoms with Crippen LogP contribution < -0.4 is 4.74 Å². The molecule has 2 rings (SSSR count). The SMILES string of the molecule is COc1ccc(Br)c(C(O)c2cncnc2)c1. The van der Waals surface area contributed by atoms with Crippen molar-refractivity contribution >= 4 is 15.9 Å². The van der Waals surface area contributed by atoms with Crippen molar-refractivity contribution < 1.29 is 9.84 Å². The number of hydrogen-bond acceptors (Lipinski definition) is 4. The van der Waals surface area contributed by atoms with Crippen molar-refractivity contribution in [3.05, 3.63) is 52.5 Å². The molecular formula is C12H11BrN2O2. The molecule has 1 unspecified atom stereocenters. The van der Waals surface area contributed by atoms with Crippen molar-refractivity contribution in [1.82, 2.24) is 9.97 Å². The summed E-state index contributed by atoms with van der Waals surface area (Å²) in [5.74, 6) is 0.694. The highest BCUT2D eigenvalue weighted by molar-refractivity contribution is 9.10. The zero-order valence-corrected chi connectivity index (χ0v) is 10.8. The van der Waals surface area contributed by atoms with Crippen LogP contribution in [0, 0.1) is 0 Å². The molecule has 1 atom stereocenters. The highest BCUT2D eigenvalue weighted by Crippen LogP contribution is 2.30. The number of halogens is 1. The maximum absolute atomic E-state index is 10.2. The van der Waals surface area contributed by atoms with Crippen molar-refractivity contribution in [3.63, 3.8) is 0 Å². The molecule has 0 bridgehead atoms. The molecule has 0 amide bonds. The summed E-state index contributed by atoms with van der Waals surface area (Å²) >= 11 is 3.40. The summed E-state index contributed by atoms with van der Waals surface area (Å²) in [6, 6.07) is 5.44. The number of methoxy groups -OCH3 is 1. The van der Waals surface area contributed by atoms with Crippen LogP contribution in [0.3, 0.4) is 0 Å². The third-order valence-corrected chi connectivity index (χ3v) is 3.12. The minimum absolute atomic E-state index is 0.640. The van der Waals surface area contributed by atoms with Gasteiger partial charge in [-0.2, -0.15) is 0 Å². The predicted molar refractivity (Wildman–Crippen MR) is 66.8 cm³/mol. The fourth-order valence-corrected chi connectivity index (χ4v) is 1.95. The van der Waals surface area contributed by atoms with Gasteiger partial charge in [-0.15, -0.1) is 0 Å². The van der Waals surface area contributed by atoms with E-state index in [-0.39, 0.29) is 0 Å². The molecule has 0 aliphatic heterocycles. The van der Waals surface area contributed by atoms with Gasteiger partial charge < -0.3 is 9.84 Å². The van der Waals surface area contributed by atoms with E-state index < -0.39 is 6.10 Å². The van der Waals surface area contributed by atoms with E-state index in [1.807, 2.05) is 12.1 Å². The van der Waals surface area contributed by atoms with Crippen molar-refractivity contribution in [3.8, 4) is 5.75 Å². The summed E-state index contributed by atoms with van der Waals surface area (Å²) in [6.45, 7) is 0. The highest BCUT2D eigenvalue weighted by atomic mass is 79.9. The van der Waals surface area contributed by atoms with Gasteiger partial charge in [-0.1, -0.05) is 15.9 Å². The second-order valence-electron chi connectivity index (χ2n) is 3.46. The van der Waals surface area contributed by atoms with Crippen LogP contribution in [0.4, 0.5) is 0 Å². The van der Waals surface area contributed by atoms with E-state index in [1.165, 1.54) is 6.33 Å². The lowest BCUT2D eigenvalue weighted by molar-refractivity contribution is 0.218. The molecule has 2 aromatic rings. The van der Waals surface area contributed by atoms with Crippen molar-refractivity contribution in [2.24, 2.45) is 0 Å². The lowest BCUT2D eigenvalue weighted by atomic mass is 10.0. The largest absolute Gasteiger partial charge is 0.497 e. The normalized spacial score (nSPS) is 12.2. The first-order chi connectivity index (χ1) is 8.22. The molecule has 1 aromatic carbocycles. The van der Waals surface area contributed by atoms with Crippen LogP contribution >= 0.6 is 15.9 Å². The molecule has 17 heavy (non-hydrogen) atoms. The van der Waals surface area contributed by atoms with Gasteiger partial charge >= 0.3 is 0 Å². The molecule has 0 aliphatic carbocycles. The van der Waals surface area contributed by atoms with Crippen molar-refractivity contribution in [1.29, 1.82) is 0 Å². The van der Waals surface area contributed by atoms with E-state index in [2.05, 4.69) is 25.9 Å². The average Bonchev–Trinajstić information content (AvgIpc) is 2.39. The standard InChI is InChI=1S/C12H11BrN2O2/c1-17-9-2-3-11(13)10(4-9)12(16)8-5-14-7-15-6-8/h2-7,12,16H,1H3. The molecule has 0 saturated heterocycles. The fraction of sp³-hybridized carbons (Fsp3) is 0.167. The summed E-state index contributed by atoms with van der Waals surface area (Å²) in [5, 5.41) is 10.2. The van der Waals surface area contributed by atoms with Gasteiger partial charge in [0, 0.05) is 28.0 Å². The van der Waals surface area contributed by atoms with Crippen LogP contribution in [-0.2, 0) is 0 Å². The third-order valence-electron chi connectivity index (χ3n) is 2.39. The Hall–Kier alpha value is -1.46. The summed E-state index contributed by atoms with van der Waals surface area (Å²) < 4.78 is 5.95. The summed E-state index contributed by atoms with van der Waals surface area (Å²) in [6.07, 6.45) is 3.82. The van der Waals surface area contributed by atoms with Crippen LogP contribution in [0.25, 0.3) is 0 Å². The first-order valence-electron chi connectivity index (χ1n) is 4.99. The predicted octanol–water partition coefficient (Wildman–Crippen LogP) is 2.33. The zero-order valence-electron chi connectivity index (χ0n) is 9.17. The minimum Gasteiger partial charge on any atom is -0.497 e. The molecule has 88 valence electrons. The van der Waals surface area contributed by atoms with Crippen LogP contribution in [0.2, 0.25) is 0 Å². The van der Waals surface area contributed by atoms with Crippen LogP contribution in [0.5, 0.6) is 5.75 Å². The number of aliphatic hydroxyl groups excluding tert-OH is 1. The number of rotatable bonds is 3. The number of aromatic nitrogens is 2. The Balaban J connectivity index is 2.40. The Labute approximate surface area is 107 Å². The van der Waals surface area contributed by atoms with Gasteiger partial charge in [0.25, 0.3) is 0 Å². The second-order valence-corrected chi connectivity index (χ2v) is 4.32. The van der Waals surface area contributed by atoms with Crippen LogP contribution in [0.15, 0.2) is 41.4 Å². The lowest BCUT2D eigenvalue weighted by Crippen LogP contribution is -2.02. The van der Waals surface area contributed by atoms with Crippen molar-refractivity contribution in [2.75, 3.05) is 7.11 Å². The Kier molecular flexibility index (Phi) is 3.71. The smallest absolute Gasteiger partial charge is 0.119 e. The first kappa shape index (κ1) is 12.0. The van der Waals surface area contributed by atoms with Gasteiger partial charge in [0.05, 0.1) is 7.11 Å². The minimum atomic E-state index is -0.777. The molecule has 1 heterocycles. The van der Waals surface area contributed by atoms with Gasteiger partial charge in [-0.25, -0.2) is 9.97 Å². The Bertz CT molecular complexity index is 505. The Morgan fingerprint density at radius 3 is 2.65 bits per heavy atom. The van der Waals surface area contributed by atoms with Gasteiger partial charge in [0.1, 0.15) is 18.2 Å². The van der Waals surface area contributed by atoms with Crippen LogP contribution in [0.1, 0.15) is 17.2 Å². The lowest BCUT2D eigenvalue weighted by Gasteiger charge is -2.13. The molecule has 0 spiro atoms. The van der Waals surface area contributed by atoms with Crippen molar-refractivity contribution in [2.45, 2.75) is 6.10 Å². The molecule has 4 nitrogen and oxygen atoms in total. The van der Waals surface area contributed by atoms with E-state index in [4.69, 9.17) is 4.74 Å². The summed E-state index contributed by atoms with van der Waals surface area (Å²) in [7, 11) is 1.59. The molecule has 0 radical (unpaired) electrons.